The minimum atomic E-state index is -3.86. The molecule has 0 aliphatic carbocycles. The topological polar surface area (TPSA) is 107 Å². The molecular weight excluding hydrogens is 234 g/mol. The Morgan fingerprint density at radius 1 is 1.38 bits per heavy atom. The molecule has 16 heavy (non-hydrogen) atoms. The number of rotatable bonds is 3. The van der Waals surface area contributed by atoms with Crippen LogP contribution in [0, 0.1) is 10.1 Å². The van der Waals surface area contributed by atoms with Gasteiger partial charge in [0, 0.05) is 25.8 Å². The fourth-order valence-electron chi connectivity index (χ4n) is 1.08. The number of nitrogens with two attached hydrogens (primary N) is 1. The van der Waals surface area contributed by atoms with Crippen molar-refractivity contribution in [2.24, 2.45) is 0 Å². The molecule has 1 rings (SSSR count). The molecule has 7 nitrogen and oxygen atoms in total. The van der Waals surface area contributed by atoms with Gasteiger partial charge in [0.15, 0.2) is 4.90 Å². The van der Waals surface area contributed by atoms with Gasteiger partial charge in [0.25, 0.3) is 5.69 Å². The van der Waals surface area contributed by atoms with E-state index in [-0.39, 0.29) is 5.69 Å². The lowest BCUT2D eigenvalue weighted by Crippen LogP contribution is -2.23. The Morgan fingerprint density at radius 2 is 1.94 bits per heavy atom. The number of nitro groups is 1. The Morgan fingerprint density at radius 3 is 2.38 bits per heavy atom. The van der Waals surface area contributed by atoms with Crippen LogP contribution in [0.5, 0.6) is 0 Å². The van der Waals surface area contributed by atoms with Gasteiger partial charge in [-0.05, 0) is 12.1 Å². The monoisotopic (exact) mass is 245 g/mol. The van der Waals surface area contributed by atoms with E-state index in [4.69, 9.17) is 5.73 Å². The third kappa shape index (κ3) is 2.12. The van der Waals surface area contributed by atoms with Crippen molar-refractivity contribution in [1.29, 1.82) is 0 Å². The summed E-state index contributed by atoms with van der Waals surface area (Å²) in [6, 6.07) is 3.44. The quantitative estimate of drug-likeness (QED) is 0.472. The summed E-state index contributed by atoms with van der Waals surface area (Å²) in [7, 11) is -1.28. The molecule has 8 heteroatoms. The molecular formula is C8H11N3O4S. The molecule has 0 bridgehead atoms. The average molecular weight is 245 g/mol. The highest BCUT2D eigenvalue weighted by molar-refractivity contribution is 7.89. The van der Waals surface area contributed by atoms with Gasteiger partial charge in [0.1, 0.15) is 0 Å². The van der Waals surface area contributed by atoms with Crippen LogP contribution in [0.25, 0.3) is 0 Å². The predicted molar refractivity (Wildman–Crippen MR) is 58.4 cm³/mol. The van der Waals surface area contributed by atoms with Crippen molar-refractivity contribution in [3.05, 3.63) is 28.3 Å². The molecule has 0 aromatic heterocycles. The van der Waals surface area contributed by atoms with Crippen molar-refractivity contribution >= 4 is 21.4 Å². The second kappa shape index (κ2) is 4.06. The molecule has 2 N–H and O–H groups in total. The van der Waals surface area contributed by atoms with E-state index in [0.29, 0.717) is 0 Å². The van der Waals surface area contributed by atoms with Gasteiger partial charge in [-0.25, -0.2) is 12.7 Å². The van der Waals surface area contributed by atoms with Crippen LogP contribution in [-0.4, -0.2) is 31.7 Å². The first-order valence-electron chi connectivity index (χ1n) is 4.23. The van der Waals surface area contributed by atoms with Gasteiger partial charge < -0.3 is 5.73 Å². The third-order valence-corrected chi connectivity index (χ3v) is 3.78. The maximum atomic E-state index is 11.8. The molecule has 1 aromatic rings. The van der Waals surface area contributed by atoms with Crippen LogP contribution >= 0.6 is 0 Å². The summed E-state index contributed by atoms with van der Waals surface area (Å²) in [5.74, 6) is 0. The van der Waals surface area contributed by atoms with Gasteiger partial charge in [-0.15, -0.1) is 0 Å². The summed E-state index contributed by atoms with van der Waals surface area (Å²) in [5.41, 5.74) is 5.09. The molecule has 0 heterocycles. The van der Waals surface area contributed by atoms with Gasteiger partial charge in [-0.3, -0.25) is 10.1 Å². The summed E-state index contributed by atoms with van der Waals surface area (Å²) < 4.78 is 24.4. The number of hydrogen-bond acceptors (Lipinski definition) is 5. The van der Waals surface area contributed by atoms with Crippen LogP contribution in [0.1, 0.15) is 0 Å². The Bertz CT molecular complexity index is 524. The summed E-state index contributed by atoms with van der Waals surface area (Å²) in [6.45, 7) is 0. The molecule has 0 amide bonds. The number of sulfonamides is 1. The molecule has 0 aliphatic rings. The summed E-state index contributed by atoms with van der Waals surface area (Å²) >= 11 is 0. The lowest BCUT2D eigenvalue weighted by atomic mass is 10.3. The van der Waals surface area contributed by atoms with E-state index in [0.717, 1.165) is 16.4 Å². The molecule has 0 spiro atoms. The van der Waals surface area contributed by atoms with Crippen LogP contribution in [0.4, 0.5) is 11.4 Å². The largest absolute Gasteiger partial charge is 0.399 e. The number of nitrogens with zero attached hydrogens (tertiary/aromatic N) is 2. The molecule has 88 valence electrons. The lowest BCUT2D eigenvalue weighted by molar-refractivity contribution is -0.387. The molecule has 1 aromatic carbocycles. The Labute approximate surface area is 92.7 Å². The fraction of sp³-hybridized carbons (Fsp3) is 0.250. The smallest absolute Gasteiger partial charge is 0.289 e. The van der Waals surface area contributed by atoms with Crippen molar-refractivity contribution in [2.45, 2.75) is 4.90 Å². The Kier molecular flexibility index (Phi) is 3.15. The van der Waals surface area contributed by atoms with E-state index < -0.39 is 25.5 Å². The van der Waals surface area contributed by atoms with E-state index in [1.54, 1.807) is 0 Å². The number of benzene rings is 1. The fourth-order valence-corrected chi connectivity index (χ4v) is 2.17. The van der Waals surface area contributed by atoms with Gasteiger partial charge >= 0.3 is 0 Å². The van der Waals surface area contributed by atoms with Gasteiger partial charge in [0.2, 0.25) is 10.0 Å². The lowest BCUT2D eigenvalue weighted by Gasteiger charge is -2.11. The first kappa shape index (κ1) is 12.4. The number of hydrogen-bond donors (Lipinski definition) is 1. The molecule has 0 saturated heterocycles. The second-order valence-electron chi connectivity index (χ2n) is 3.27. The number of anilines is 1. The second-order valence-corrected chi connectivity index (χ2v) is 5.39. The maximum Gasteiger partial charge on any atom is 0.289 e. The molecule has 0 radical (unpaired) electrons. The third-order valence-electron chi connectivity index (χ3n) is 1.94. The van der Waals surface area contributed by atoms with Crippen LogP contribution in [0.15, 0.2) is 23.1 Å². The van der Waals surface area contributed by atoms with Gasteiger partial charge in [-0.2, -0.15) is 0 Å². The summed E-state index contributed by atoms with van der Waals surface area (Å²) in [4.78, 5) is 9.53. The van der Waals surface area contributed by atoms with Crippen LogP contribution in [-0.2, 0) is 10.0 Å². The Hall–Kier alpha value is -1.67. The highest BCUT2D eigenvalue weighted by Crippen LogP contribution is 2.27. The standard InChI is InChI=1S/C8H11N3O4S/c1-10(2)16(14,15)8-5-6(9)3-4-7(8)11(12)13/h3-5H,9H2,1-2H3. The number of nitrogen functional groups attached to an aromatic ring is 1. The van der Waals surface area contributed by atoms with Crippen molar-refractivity contribution < 1.29 is 13.3 Å². The highest BCUT2D eigenvalue weighted by atomic mass is 32.2. The zero-order chi connectivity index (χ0) is 12.5. The van der Waals surface area contributed by atoms with Crippen molar-refractivity contribution in [2.75, 3.05) is 19.8 Å². The predicted octanol–water partition coefficient (Wildman–Crippen LogP) is 0.427. The van der Waals surface area contributed by atoms with E-state index in [1.165, 1.54) is 20.2 Å². The van der Waals surface area contributed by atoms with E-state index in [1.807, 2.05) is 0 Å². The minimum absolute atomic E-state index is 0.158. The maximum absolute atomic E-state index is 11.8. The van der Waals surface area contributed by atoms with E-state index in [9.17, 15) is 18.5 Å². The van der Waals surface area contributed by atoms with Gasteiger partial charge in [0.05, 0.1) is 4.92 Å². The zero-order valence-corrected chi connectivity index (χ0v) is 9.56. The molecule has 0 atom stereocenters. The van der Waals surface area contributed by atoms with E-state index >= 15 is 0 Å². The molecule has 0 unspecified atom stereocenters. The van der Waals surface area contributed by atoms with Crippen LogP contribution in [0.2, 0.25) is 0 Å². The Balaban J connectivity index is 3.54. The molecule has 0 saturated carbocycles. The van der Waals surface area contributed by atoms with Crippen LogP contribution < -0.4 is 5.73 Å². The van der Waals surface area contributed by atoms with Crippen molar-refractivity contribution in [1.82, 2.24) is 4.31 Å². The average Bonchev–Trinajstić information content (AvgIpc) is 2.16. The van der Waals surface area contributed by atoms with Crippen LogP contribution in [0.3, 0.4) is 0 Å². The van der Waals surface area contributed by atoms with Gasteiger partial charge in [-0.1, -0.05) is 0 Å². The van der Waals surface area contributed by atoms with E-state index in [2.05, 4.69) is 0 Å². The first-order chi connectivity index (χ1) is 7.26. The zero-order valence-electron chi connectivity index (χ0n) is 8.75. The van der Waals surface area contributed by atoms with Crippen molar-refractivity contribution in [3.8, 4) is 0 Å². The first-order valence-corrected chi connectivity index (χ1v) is 5.67. The molecule has 0 aliphatic heterocycles. The summed E-state index contributed by atoms with van der Waals surface area (Å²) in [6.07, 6.45) is 0. The van der Waals surface area contributed by atoms with Crippen molar-refractivity contribution in [3.63, 3.8) is 0 Å². The molecule has 0 fully saturated rings. The summed E-state index contributed by atoms with van der Waals surface area (Å²) in [5, 5.41) is 10.7. The normalized spacial score (nSPS) is 11.7. The number of nitro benzene ring substituents is 1. The SMILES string of the molecule is CN(C)S(=O)(=O)c1cc(N)ccc1[N+](=O)[O-]. The highest BCUT2D eigenvalue weighted by Gasteiger charge is 2.27. The minimum Gasteiger partial charge on any atom is -0.399 e.